The number of H-pyrrole nitrogens is 1. The van der Waals surface area contributed by atoms with Crippen LogP contribution in [0.4, 0.5) is 0 Å². The van der Waals surface area contributed by atoms with Crippen molar-refractivity contribution >= 4 is 11.6 Å². The highest BCUT2D eigenvalue weighted by Gasteiger charge is 2.11. The van der Waals surface area contributed by atoms with Crippen molar-refractivity contribution in [3.05, 3.63) is 17.7 Å². The van der Waals surface area contributed by atoms with Gasteiger partial charge in [-0.15, -0.1) is 26.9 Å². The second kappa shape index (κ2) is 3.70. The number of aromatic amines is 1. The first kappa shape index (κ1) is 9.07. The van der Waals surface area contributed by atoms with E-state index in [0.29, 0.717) is 12.4 Å². The van der Waals surface area contributed by atoms with Gasteiger partial charge in [-0.2, -0.15) is 5.21 Å². The monoisotopic (exact) mass is 213 g/mol. The second-order valence-electron chi connectivity index (χ2n) is 2.76. The molecule has 0 aliphatic carbocycles. The minimum absolute atomic E-state index is 0.142. The van der Waals surface area contributed by atoms with Gasteiger partial charge in [0, 0.05) is 0 Å². The van der Waals surface area contributed by atoms with E-state index in [4.69, 9.17) is 11.6 Å². The van der Waals surface area contributed by atoms with Crippen LogP contribution < -0.4 is 0 Å². The molecule has 1 N–H and O–H groups in total. The van der Waals surface area contributed by atoms with Crippen LogP contribution in [-0.4, -0.2) is 35.6 Å². The van der Waals surface area contributed by atoms with Gasteiger partial charge in [0.25, 0.3) is 0 Å². The van der Waals surface area contributed by atoms with E-state index in [1.54, 1.807) is 10.9 Å². The zero-order valence-corrected chi connectivity index (χ0v) is 8.18. The molecule has 0 aliphatic heterocycles. The molecule has 2 rings (SSSR count). The van der Waals surface area contributed by atoms with Gasteiger partial charge in [0.2, 0.25) is 0 Å². The molecule has 2 heterocycles. The number of tetrazole rings is 1. The summed E-state index contributed by atoms with van der Waals surface area (Å²) < 4.78 is 1.64. The summed E-state index contributed by atoms with van der Waals surface area (Å²) in [5, 5.41) is 20.9. The third-order valence-electron chi connectivity index (χ3n) is 1.74. The predicted molar refractivity (Wildman–Crippen MR) is 47.6 cm³/mol. The molecule has 2 aromatic rings. The maximum Gasteiger partial charge on any atom is 0.196 e. The molecule has 14 heavy (non-hydrogen) atoms. The van der Waals surface area contributed by atoms with Crippen molar-refractivity contribution < 1.29 is 0 Å². The van der Waals surface area contributed by atoms with E-state index >= 15 is 0 Å². The first-order valence-corrected chi connectivity index (χ1v) is 4.46. The first-order chi connectivity index (χ1) is 6.77. The van der Waals surface area contributed by atoms with Crippen LogP contribution in [0.1, 0.15) is 23.8 Å². The SMILES string of the molecule is CC(Cl)c1cnnn1Cc1nn[nH]n1. The van der Waals surface area contributed by atoms with E-state index in [1.807, 2.05) is 6.92 Å². The zero-order valence-electron chi connectivity index (χ0n) is 7.42. The lowest BCUT2D eigenvalue weighted by molar-refractivity contribution is 0.598. The van der Waals surface area contributed by atoms with Crippen molar-refractivity contribution in [2.45, 2.75) is 18.8 Å². The first-order valence-electron chi connectivity index (χ1n) is 4.02. The van der Waals surface area contributed by atoms with Crippen molar-refractivity contribution in [2.75, 3.05) is 0 Å². The Morgan fingerprint density at radius 2 is 2.50 bits per heavy atom. The molecule has 7 nitrogen and oxygen atoms in total. The summed E-state index contributed by atoms with van der Waals surface area (Å²) in [5.74, 6) is 0.550. The summed E-state index contributed by atoms with van der Waals surface area (Å²) in [6.07, 6.45) is 1.62. The molecule has 0 fully saturated rings. The fraction of sp³-hybridized carbons (Fsp3) is 0.500. The summed E-state index contributed by atoms with van der Waals surface area (Å²) >= 11 is 5.92. The van der Waals surface area contributed by atoms with Crippen LogP contribution in [0.15, 0.2) is 6.20 Å². The Morgan fingerprint density at radius 3 is 3.14 bits per heavy atom. The molecule has 0 saturated carbocycles. The Bertz CT molecular complexity index is 392. The summed E-state index contributed by atoms with van der Waals surface area (Å²) in [6, 6.07) is 0. The molecule has 0 spiro atoms. The predicted octanol–water partition coefficient (Wildman–Crippen LogP) is 0.139. The summed E-state index contributed by atoms with van der Waals surface area (Å²) in [4.78, 5) is 0. The van der Waals surface area contributed by atoms with Crippen LogP contribution in [0, 0.1) is 0 Å². The Morgan fingerprint density at radius 1 is 1.64 bits per heavy atom. The number of nitrogens with zero attached hydrogens (tertiary/aromatic N) is 6. The molecule has 74 valence electrons. The van der Waals surface area contributed by atoms with Gasteiger partial charge in [0.15, 0.2) is 5.82 Å². The lowest BCUT2D eigenvalue weighted by atomic mass is 10.3. The van der Waals surface area contributed by atoms with Crippen molar-refractivity contribution in [1.82, 2.24) is 35.6 Å². The third kappa shape index (κ3) is 1.72. The van der Waals surface area contributed by atoms with Crippen LogP contribution >= 0.6 is 11.6 Å². The second-order valence-corrected chi connectivity index (χ2v) is 3.42. The highest BCUT2D eigenvalue weighted by Crippen LogP contribution is 2.17. The molecule has 8 heteroatoms. The Labute approximate surface area is 84.5 Å². The van der Waals surface area contributed by atoms with E-state index < -0.39 is 0 Å². The van der Waals surface area contributed by atoms with Crippen LogP contribution in [0.5, 0.6) is 0 Å². The molecule has 0 bridgehead atoms. The van der Waals surface area contributed by atoms with E-state index in [-0.39, 0.29) is 5.38 Å². The number of hydrogen-bond donors (Lipinski definition) is 1. The molecule has 0 aromatic carbocycles. The lowest BCUT2D eigenvalue weighted by Crippen LogP contribution is -2.08. The molecular formula is C6H8ClN7. The molecule has 1 atom stereocenters. The van der Waals surface area contributed by atoms with Crippen LogP contribution in [0.2, 0.25) is 0 Å². The molecule has 0 saturated heterocycles. The molecule has 0 amide bonds. The molecule has 0 radical (unpaired) electrons. The molecule has 0 aliphatic rings. The minimum atomic E-state index is -0.142. The van der Waals surface area contributed by atoms with Gasteiger partial charge in [-0.05, 0) is 6.92 Å². The van der Waals surface area contributed by atoms with Crippen molar-refractivity contribution in [3.63, 3.8) is 0 Å². The maximum atomic E-state index is 5.92. The minimum Gasteiger partial charge on any atom is -0.240 e. The summed E-state index contributed by atoms with van der Waals surface area (Å²) in [6.45, 7) is 2.27. The summed E-state index contributed by atoms with van der Waals surface area (Å²) in [7, 11) is 0. The van der Waals surface area contributed by atoms with Gasteiger partial charge in [0.1, 0.15) is 6.54 Å². The summed E-state index contributed by atoms with van der Waals surface area (Å²) in [5.41, 5.74) is 0.830. The number of nitrogens with one attached hydrogen (secondary N) is 1. The van der Waals surface area contributed by atoms with Gasteiger partial charge < -0.3 is 0 Å². The van der Waals surface area contributed by atoms with E-state index in [0.717, 1.165) is 5.69 Å². The van der Waals surface area contributed by atoms with Crippen molar-refractivity contribution in [3.8, 4) is 0 Å². The zero-order chi connectivity index (χ0) is 9.97. The Balaban J connectivity index is 2.21. The fourth-order valence-electron chi connectivity index (χ4n) is 1.08. The van der Waals surface area contributed by atoms with E-state index in [1.165, 1.54) is 0 Å². The average Bonchev–Trinajstić information content (AvgIpc) is 2.75. The lowest BCUT2D eigenvalue weighted by Gasteiger charge is -2.03. The largest absolute Gasteiger partial charge is 0.240 e. The standard InChI is InChI=1S/C6H8ClN7/c1-4(7)5-2-8-13-14(5)3-6-9-11-12-10-6/h2,4H,3H2,1H3,(H,9,10,11,12). The quantitative estimate of drug-likeness (QED) is 0.733. The number of rotatable bonds is 3. The maximum absolute atomic E-state index is 5.92. The smallest absolute Gasteiger partial charge is 0.196 e. The highest BCUT2D eigenvalue weighted by atomic mass is 35.5. The third-order valence-corrected chi connectivity index (χ3v) is 1.96. The van der Waals surface area contributed by atoms with Gasteiger partial charge in [-0.3, -0.25) is 0 Å². The molecule has 2 aromatic heterocycles. The van der Waals surface area contributed by atoms with E-state index in [2.05, 4.69) is 30.9 Å². The van der Waals surface area contributed by atoms with Crippen molar-refractivity contribution in [2.24, 2.45) is 0 Å². The number of aromatic nitrogens is 7. The normalized spacial score (nSPS) is 13.0. The number of halogens is 1. The van der Waals surface area contributed by atoms with Gasteiger partial charge in [-0.1, -0.05) is 10.4 Å². The van der Waals surface area contributed by atoms with Crippen LogP contribution in [0.3, 0.4) is 0 Å². The van der Waals surface area contributed by atoms with Crippen molar-refractivity contribution in [1.29, 1.82) is 0 Å². The van der Waals surface area contributed by atoms with Gasteiger partial charge in [-0.25, -0.2) is 4.68 Å². The molecule has 1 unspecified atom stereocenters. The van der Waals surface area contributed by atoms with Gasteiger partial charge >= 0.3 is 0 Å². The highest BCUT2D eigenvalue weighted by molar-refractivity contribution is 6.20. The van der Waals surface area contributed by atoms with Crippen LogP contribution in [0.25, 0.3) is 0 Å². The van der Waals surface area contributed by atoms with Gasteiger partial charge in [0.05, 0.1) is 17.3 Å². The Hall–Kier alpha value is -1.50. The topological polar surface area (TPSA) is 85.2 Å². The molecular weight excluding hydrogens is 206 g/mol. The Kier molecular flexibility index (Phi) is 2.40. The fourth-order valence-corrected chi connectivity index (χ4v) is 1.25. The number of hydrogen-bond acceptors (Lipinski definition) is 5. The average molecular weight is 214 g/mol. The number of alkyl halides is 1. The van der Waals surface area contributed by atoms with Crippen LogP contribution in [-0.2, 0) is 6.54 Å². The van der Waals surface area contributed by atoms with E-state index in [9.17, 15) is 0 Å².